The number of hydrogen-bond acceptors (Lipinski definition) is 3. The molecule has 1 amide bonds. The van der Waals surface area contributed by atoms with Gasteiger partial charge >= 0.3 is 5.97 Å². The van der Waals surface area contributed by atoms with Crippen LogP contribution in [0.15, 0.2) is 18.2 Å². The molecule has 0 bridgehead atoms. The Bertz CT molecular complexity index is 592. The number of rotatable bonds is 1. The second-order valence-corrected chi connectivity index (χ2v) is 3.42. The van der Waals surface area contributed by atoms with Gasteiger partial charge in [0.1, 0.15) is 6.42 Å². The number of carboxylic acid groups (broad SMARTS) is 1. The smallest absolute Gasteiger partial charge is 0.315 e. The number of benzene rings is 1. The van der Waals surface area contributed by atoms with Gasteiger partial charge in [-0.15, -0.1) is 0 Å². The van der Waals surface area contributed by atoms with Crippen LogP contribution in [-0.4, -0.2) is 22.8 Å². The summed E-state index contributed by atoms with van der Waals surface area (Å²) in [4.78, 5) is 32.7. The zero-order valence-corrected chi connectivity index (χ0v) is 8.61. The monoisotopic (exact) mass is 229 g/mol. The fourth-order valence-electron chi connectivity index (χ4n) is 1.44. The molecule has 0 spiro atoms. The van der Waals surface area contributed by atoms with Crippen LogP contribution in [0.25, 0.3) is 0 Å². The minimum atomic E-state index is -1.01. The number of amides is 1. The van der Waals surface area contributed by atoms with Crippen molar-refractivity contribution < 1.29 is 19.5 Å². The zero-order chi connectivity index (χ0) is 12.4. The van der Waals surface area contributed by atoms with E-state index >= 15 is 0 Å². The number of carboxylic acids is 1. The Morgan fingerprint density at radius 3 is 2.82 bits per heavy atom. The Kier molecular flexibility index (Phi) is 2.63. The maximum atomic E-state index is 11.4. The predicted molar refractivity (Wildman–Crippen MR) is 58.5 cm³/mol. The fourth-order valence-corrected chi connectivity index (χ4v) is 1.44. The van der Waals surface area contributed by atoms with Crippen LogP contribution in [0.5, 0.6) is 0 Å². The maximum absolute atomic E-state index is 11.4. The quantitative estimate of drug-likeness (QED) is 0.547. The van der Waals surface area contributed by atoms with Crippen molar-refractivity contribution in [1.29, 1.82) is 0 Å². The first-order valence-electron chi connectivity index (χ1n) is 4.78. The number of aliphatic carboxylic acids is 1. The lowest BCUT2D eigenvalue weighted by molar-refractivity contribution is -0.135. The van der Waals surface area contributed by atoms with Crippen LogP contribution < -0.4 is 5.32 Å². The van der Waals surface area contributed by atoms with Crippen molar-refractivity contribution in [1.82, 2.24) is 0 Å². The molecule has 0 saturated carbocycles. The first-order valence-corrected chi connectivity index (χ1v) is 4.78. The first kappa shape index (κ1) is 10.9. The van der Waals surface area contributed by atoms with E-state index in [1.165, 1.54) is 6.07 Å². The summed E-state index contributed by atoms with van der Waals surface area (Å²) < 4.78 is 0. The third-order valence-corrected chi connectivity index (χ3v) is 2.19. The van der Waals surface area contributed by atoms with Crippen molar-refractivity contribution >= 4 is 23.3 Å². The standard InChI is InChI=1S/C12H7NO4/c14-10(15)3-1-2-7-4-5-9-8(6-7)11(16)12(17)13-9/h4-6H,3H2,(H,14,15)(H,13,16,17). The number of nitrogens with one attached hydrogen (secondary N) is 1. The lowest BCUT2D eigenvalue weighted by Gasteiger charge is -1.96. The third kappa shape index (κ3) is 2.16. The highest BCUT2D eigenvalue weighted by atomic mass is 16.4. The summed E-state index contributed by atoms with van der Waals surface area (Å²) in [7, 11) is 0. The average molecular weight is 229 g/mol. The molecule has 0 unspecified atom stereocenters. The number of anilines is 1. The van der Waals surface area contributed by atoms with E-state index in [4.69, 9.17) is 5.11 Å². The first-order chi connectivity index (χ1) is 8.08. The third-order valence-electron chi connectivity index (χ3n) is 2.19. The van der Waals surface area contributed by atoms with Crippen molar-refractivity contribution in [3.05, 3.63) is 29.3 Å². The highest BCUT2D eigenvalue weighted by Gasteiger charge is 2.27. The van der Waals surface area contributed by atoms with Crippen LogP contribution >= 0.6 is 0 Å². The summed E-state index contributed by atoms with van der Waals surface area (Å²) >= 11 is 0. The summed E-state index contributed by atoms with van der Waals surface area (Å²) in [6, 6.07) is 4.67. The predicted octanol–water partition coefficient (Wildman–Crippen LogP) is 0.648. The van der Waals surface area contributed by atoms with Gasteiger partial charge in [-0.2, -0.15) is 0 Å². The highest BCUT2D eigenvalue weighted by Crippen LogP contribution is 2.23. The Balaban J connectivity index is 2.28. The van der Waals surface area contributed by atoms with Crippen LogP contribution in [0.1, 0.15) is 22.3 Å². The van der Waals surface area contributed by atoms with E-state index in [0.29, 0.717) is 11.3 Å². The SMILES string of the molecule is O=C(O)CC#Cc1ccc2c(c1)C(=O)C(=O)N2. The Labute approximate surface area is 96.4 Å². The number of ketones is 1. The van der Waals surface area contributed by atoms with Gasteiger partial charge in [0.05, 0.1) is 11.3 Å². The van der Waals surface area contributed by atoms with Crippen LogP contribution in [0.3, 0.4) is 0 Å². The number of hydrogen-bond donors (Lipinski definition) is 2. The Morgan fingerprint density at radius 1 is 1.35 bits per heavy atom. The number of fused-ring (bicyclic) bond motifs is 1. The summed E-state index contributed by atoms with van der Waals surface area (Å²) in [6.45, 7) is 0. The van der Waals surface area contributed by atoms with Crippen molar-refractivity contribution in [3.63, 3.8) is 0 Å². The molecule has 1 aliphatic rings. The lowest BCUT2D eigenvalue weighted by Crippen LogP contribution is -2.12. The molecule has 0 aliphatic carbocycles. The molecule has 1 aromatic carbocycles. The minimum Gasteiger partial charge on any atom is -0.481 e. The summed E-state index contributed by atoms with van der Waals surface area (Å²) in [5.41, 5.74) is 1.25. The average Bonchev–Trinajstić information content (AvgIpc) is 2.55. The van der Waals surface area contributed by atoms with Crippen molar-refractivity contribution in [2.45, 2.75) is 6.42 Å². The molecule has 84 valence electrons. The van der Waals surface area contributed by atoms with Gasteiger partial charge in [-0.05, 0) is 18.2 Å². The van der Waals surface area contributed by atoms with Gasteiger partial charge in [0, 0.05) is 5.56 Å². The van der Waals surface area contributed by atoms with Crippen LogP contribution in [0, 0.1) is 11.8 Å². The summed E-state index contributed by atoms with van der Waals surface area (Å²) in [5, 5.41) is 10.8. The molecule has 2 rings (SSSR count). The molecule has 1 heterocycles. The molecule has 0 atom stereocenters. The van der Waals surface area contributed by atoms with Crippen molar-refractivity contribution in [2.24, 2.45) is 0 Å². The molecule has 2 N–H and O–H groups in total. The van der Waals surface area contributed by atoms with Gasteiger partial charge < -0.3 is 10.4 Å². The highest BCUT2D eigenvalue weighted by molar-refractivity contribution is 6.51. The van der Waals surface area contributed by atoms with E-state index in [0.717, 1.165) is 0 Å². The van der Waals surface area contributed by atoms with Gasteiger partial charge in [0.25, 0.3) is 11.7 Å². The van der Waals surface area contributed by atoms with Crippen LogP contribution in [0.4, 0.5) is 5.69 Å². The molecule has 0 aromatic heterocycles. The Morgan fingerprint density at radius 2 is 2.12 bits per heavy atom. The molecule has 0 fully saturated rings. The molecule has 0 radical (unpaired) electrons. The van der Waals surface area contributed by atoms with E-state index in [-0.39, 0.29) is 12.0 Å². The van der Waals surface area contributed by atoms with E-state index in [1.54, 1.807) is 12.1 Å². The van der Waals surface area contributed by atoms with Gasteiger partial charge in [-0.25, -0.2) is 0 Å². The molecular weight excluding hydrogens is 222 g/mol. The van der Waals surface area contributed by atoms with Gasteiger partial charge in [-0.3, -0.25) is 14.4 Å². The number of Topliss-reactive ketones (excluding diaryl/α,β-unsaturated/α-hetero) is 1. The molecule has 5 heteroatoms. The second-order valence-electron chi connectivity index (χ2n) is 3.42. The van der Waals surface area contributed by atoms with E-state index in [1.807, 2.05) is 0 Å². The normalized spacial score (nSPS) is 12.5. The fraction of sp³-hybridized carbons (Fsp3) is 0.0833. The van der Waals surface area contributed by atoms with Gasteiger partial charge in [-0.1, -0.05) is 11.8 Å². The number of carbonyl (C=O) groups excluding carboxylic acids is 2. The topological polar surface area (TPSA) is 83.5 Å². The van der Waals surface area contributed by atoms with Crippen molar-refractivity contribution in [3.8, 4) is 11.8 Å². The molecule has 5 nitrogen and oxygen atoms in total. The summed E-state index contributed by atoms with van der Waals surface area (Å²) in [6.07, 6.45) is -0.262. The van der Waals surface area contributed by atoms with Gasteiger partial charge in [0.2, 0.25) is 0 Å². The molecule has 1 aromatic rings. The Hall–Kier alpha value is -2.61. The van der Waals surface area contributed by atoms with Crippen LogP contribution in [-0.2, 0) is 9.59 Å². The minimum absolute atomic E-state index is 0.262. The maximum Gasteiger partial charge on any atom is 0.315 e. The number of carbonyl (C=O) groups is 3. The zero-order valence-electron chi connectivity index (χ0n) is 8.61. The van der Waals surface area contributed by atoms with E-state index < -0.39 is 17.7 Å². The van der Waals surface area contributed by atoms with Crippen molar-refractivity contribution in [2.75, 3.05) is 5.32 Å². The second kappa shape index (κ2) is 4.10. The summed E-state index contributed by atoms with van der Waals surface area (Å²) in [5.74, 6) is 2.81. The largest absolute Gasteiger partial charge is 0.481 e. The molecule has 17 heavy (non-hydrogen) atoms. The molecule has 0 saturated heterocycles. The lowest BCUT2D eigenvalue weighted by atomic mass is 10.1. The van der Waals surface area contributed by atoms with E-state index in [9.17, 15) is 14.4 Å². The molecule has 1 aliphatic heterocycles. The van der Waals surface area contributed by atoms with E-state index in [2.05, 4.69) is 17.2 Å². The van der Waals surface area contributed by atoms with Crippen LogP contribution in [0.2, 0.25) is 0 Å². The van der Waals surface area contributed by atoms with Gasteiger partial charge in [0.15, 0.2) is 0 Å². The molecular formula is C12H7NO4.